The lowest BCUT2D eigenvalue weighted by atomic mass is 10.3. The van der Waals surface area contributed by atoms with Crippen LogP contribution in [0.25, 0.3) is 0 Å². The van der Waals surface area contributed by atoms with E-state index in [4.69, 9.17) is 17.3 Å². The number of rotatable bonds is 3. The zero-order valence-electron chi connectivity index (χ0n) is 8.16. The van der Waals surface area contributed by atoms with Crippen molar-refractivity contribution in [2.24, 2.45) is 0 Å². The van der Waals surface area contributed by atoms with Gasteiger partial charge in [-0.05, 0) is 12.1 Å². The largest absolute Gasteiger partial charge is 0.396 e. The quantitative estimate of drug-likeness (QED) is 0.781. The summed E-state index contributed by atoms with van der Waals surface area (Å²) in [5.41, 5.74) is 6.16. The number of aromatic amines is 1. The molecule has 5 nitrogen and oxygen atoms in total. The van der Waals surface area contributed by atoms with Gasteiger partial charge in [0, 0.05) is 4.88 Å². The Labute approximate surface area is 101 Å². The van der Waals surface area contributed by atoms with E-state index in [2.05, 4.69) is 15.5 Å². The van der Waals surface area contributed by atoms with Gasteiger partial charge in [0.15, 0.2) is 0 Å². The van der Waals surface area contributed by atoms with Crippen molar-refractivity contribution in [3.63, 3.8) is 0 Å². The average Bonchev–Trinajstić information content (AvgIpc) is 2.84. The number of anilines is 1. The molecular formula is C9H9ClN4OS. The maximum absolute atomic E-state index is 11.6. The molecule has 0 atom stereocenters. The highest BCUT2D eigenvalue weighted by Crippen LogP contribution is 2.21. The summed E-state index contributed by atoms with van der Waals surface area (Å²) in [6.45, 7) is 0.425. The molecule has 7 heteroatoms. The maximum Gasteiger partial charge on any atom is 0.271 e. The number of aromatic nitrogens is 2. The monoisotopic (exact) mass is 256 g/mol. The first-order chi connectivity index (χ1) is 7.66. The molecule has 0 aliphatic heterocycles. The van der Waals surface area contributed by atoms with Crippen LogP contribution in [0.3, 0.4) is 0 Å². The van der Waals surface area contributed by atoms with Crippen LogP contribution in [-0.2, 0) is 6.54 Å². The van der Waals surface area contributed by atoms with E-state index in [-0.39, 0.29) is 11.6 Å². The summed E-state index contributed by atoms with van der Waals surface area (Å²) in [7, 11) is 0. The van der Waals surface area contributed by atoms with Gasteiger partial charge in [0.1, 0.15) is 5.69 Å². The van der Waals surface area contributed by atoms with Crippen molar-refractivity contribution in [3.8, 4) is 0 Å². The molecule has 2 aromatic heterocycles. The van der Waals surface area contributed by atoms with Crippen LogP contribution in [-0.4, -0.2) is 16.1 Å². The molecular weight excluding hydrogens is 248 g/mol. The molecule has 2 rings (SSSR count). The van der Waals surface area contributed by atoms with Gasteiger partial charge in [-0.1, -0.05) is 11.6 Å². The second-order valence-electron chi connectivity index (χ2n) is 3.09. The standard InChI is InChI=1S/C9H9ClN4OS/c10-7-2-1-5(16-7)3-12-9(15)8-6(11)4-13-14-8/h1-2,4H,3,11H2,(H,12,15)(H,13,14). The van der Waals surface area contributed by atoms with Crippen molar-refractivity contribution >= 4 is 34.5 Å². The summed E-state index contributed by atoms with van der Waals surface area (Å²) in [6.07, 6.45) is 1.40. The van der Waals surface area contributed by atoms with Crippen molar-refractivity contribution < 1.29 is 4.79 Å². The number of thiophene rings is 1. The Bertz CT molecular complexity index is 507. The van der Waals surface area contributed by atoms with Crippen LogP contribution in [0.2, 0.25) is 4.34 Å². The van der Waals surface area contributed by atoms with Gasteiger partial charge in [-0.2, -0.15) is 5.10 Å². The lowest BCUT2D eigenvalue weighted by molar-refractivity contribution is 0.0947. The van der Waals surface area contributed by atoms with Crippen LogP contribution in [0.1, 0.15) is 15.4 Å². The van der Waals surface area contributed by atoms with E-state index in [0.717, 1.165) is 4.88 Å². The number of carbonyl (C=O) groups excluding carboxylic acids is 1. The van der Waals surface area contributed by atoms with Gasteiger partial charge in [-0.3, -0.25) is 9.89 Å². The van der Waals surface area contributed by atoms with E-state index in [1.807, 2.05) is 6.07 Å². The molecule has 0 aliphatic carbocycles. The summed E-state index contributed by atoms with van der Waals surface area (Å²) in [5, 5.41) is 8.93. The molecule has 84 valence electrons. The first-order valence-corrected chi connectivity index (χ1v) is 5.67. The van der Waals surface area contributed by atoms with E-state index in [0.29, 0.717) is 16.6 Å². The number of hydrogen-bond acceptors (Lipinski definition) is 4. The molecule has 0 saturated heterocycles. The Morgan fingerprint density at radius 3 is 3.00 bits per heavy atom. The zero-order chi connectivity index (χ0) is 11.5. The Balaban J connectivity index is 1.96. The number of nitrogens with zero attached hydrogens (tertiary/aromatic N) is 1. The first kappa shape index (κ1) is 11.0. The summed E-state index contributed by atoms with van der Waals surface area (Å²) in [6, 6.07) is 3.65. The van der Waals surface area contributed by atoms with E-state index >= 15 is 0 Å². The van der Waals surface area contributed by atoms with Crippen LogP contribution in [0.15, 0.2) is 18.3 Å². The molecule has 16 heavy (non-hydrogen) atoms. The summed E-state index contributed by atoms with van der Waals surface area (Å²) < 4.78 is 0.699. The summed E-state index contributed by atoms with van der Waals surface area (Å²) in [4.78, 5) is 12.6. The van der Waals surface area contributed by atoms with E-state index in [1.165, 1.54) is 17.5 Å². The highest BCUT2D eigenvalue weighted by molar-refractivity contribution is 7.16. The lowest BCUT2D eigenvalue weighted by Gasteiger charge is -2.01. The van der Waals surface area contributed by atoms with Crippen LogP contribution >= 0.6 is 22.9 Å². The predicted molar refractivity (Wildman–Crippen MR) is 63.5 cm³/mol. The average molecular weight is 257 g/mol. The van der Waals surface area contributed by atoms with Crippen molar-refractivity contribution in [2.45, 2.75) is 6.54 Å². The first-order valence-electron chi connectivity index (χ1n) is 4.48. The number of nitrogens with two attached hydrogens (primary N) is 1. The highest BCUT2D eigenvalue weighted by Gasteiger charge is 2.11. The van der Waals surface area contributed by atoms with E-state index in [9.17, 15) is 4.79 Å². The second kappa shape index (κ2) is 4.54. The fourth-order valence-corrected chi connectivity index (χ4v) is 2.21. The van der Waals surface area contributed by atoms with Gasteiger partial charge >= 0.3 is 0 Å². The topological polar surface area (TPSA) is 83.8 Å². The minimum atomic E-state index is -0.278. The number of hydrogen-bond donors (Lipinski definition) is 3. The third-order valence-electron chi connectivity index (χ3n) is 1.95. The van der Waals surface area contributed by atoms with Crippen molar-refractivity contribution in [1.82, 2.24) is 15.5 Å². The maximum atomic E-state index is 11.6. The number of nitrogens with one attached hydrogen (secondary N) is 2. The van der Waals surface area contributed by atoms with Gasteiger partial charge in [0.2, 0.25) is 0 Å². The third kappa shape index (κ3) is 2.34. The van der Waals surface area contributed by atoms with E-state index < -0.39 is 0 Å². The molecule has 0 radical (unpaired) electrons. The molecule has 2 heterocycles. The number of carbonyl (C=O) groups is 1. The Morgan fingerprint density at radius 2 is 2.44 bits per heavy atom. The van der Waals surface area contributed by atoms with Crippen LogP contribution in [0, 0.1) is 0 Å². The Morgan fingerprint density at radius 1 is 1.62 bits per heavy atom. The SMILES string of the molecule is Nc1cn[nH]c1C(=O)NCc1ccc(Cl)s1. The van der Waals surface area contributed by atoms with Crippen LogP contribution in [0.4, 0.5) is 5.69 Å². The Kier molecular flexibility index (Phi) is 3.12. The van der Waals surface area contributed by atoms with Gasteiger partial charge in [0.05, 0.1) is 22.8 Å². The second-order valence-corrected chi connectivity index (χ2v) is 4.89. The van der Waals surface area contributed by atoms with Crippen LogP contribution < -0.4 is 11.1 Å². The third-order valence-corrected chi connectivity index (χ3v) is 3.18. The zero-order valence-corrected chi connectivity index (χ0v) is 9.73. The van der Waals surface area contributed by atoms with Crippen molar-refractivity contribution in [1.29, 1.82) is 0 Å². The molecule has 0 bridgehead atoms. The van der Waals surface area contributed by atoms with Gasteiger partial charge in [0.25, 0.3) is 5.91 Å². The molecule has 0 aromatic carbocycles. The number of amides is 1. The summed E-state index contributed by atoms with van der Waals surface area (Å²) in [5.74, 6) is -0.278. The fourth-order valence-electron chi connectivity index (χ4n) is 1.18. The molecule has 0 spiro atoms. The lowest BCUT2D eigenvalue weighted by Crippen LogP contribution is -2.23. The molecule has 2 aromatic rings. The fraction of sp³-hybridized carbons (Fsp3) is 0.111. The smallest absolute Gasteiger partial charge is 0.271 e. The number of H-pyrrole nitrogens is 1. The minimum absolute atomic E-state index is 0.278. The predicted octanol–water partition coefficient (Wildman–Crippen LogP) is 1.64. The van der Waals surface area contributed by atoms with Gasteiger partial charge < -0.3 is 11.1 Å². The molecule has 0 aliphatic rings. The molecule has 0 fully saturated rings. The summed E-state index contributed by atoms with van der Waals surface area (Å²) >= 11 is 7.19. The van der Waals surface area contributed by atoms with Gasteiger partial charge in [-0.15, -0.1) is 11.3 Å². The number of halogens is 1. The van der Waals surface area contributed by atoms with Gasteiger partial charge in [-0.25, -0.2) is 0 Å². The normalized spacial score (nSPS) is 10.3. The Hall–Kier alpha value is -1.53. The van der Waals surface area contributed by atoms with Crippen molar-refractivity contribution in [2.75, 3.05) is 5.73 Å². The molecule has 1 amide bonds. The minimum Gasteiger partial charge on any atom is -0.396 e. The highest BCUT2D eigenvalue weighted by atomic mass is 35.5. The molecule has 4 N–H and O–H groups in total. The number of nitrogen functional groups attached to an aromatic ring is 1. The molecule has 0 unspecified atom stereocenters. The molecule has 0 saturated carbocycles. The van der Waals surface area contributed by atoms with Crippen LogP contribution in [0.5, 0.6) is 0 Å². The van der Waals surface area contributed by atoms with Crippen molar-refractivity contribution in [3.05, 3.63) is 33.2 Å². The van der Waals surface area contributed by atoms with E-state index in [1.54, 1.807) is 6.07 Å².